The van der Waals surface area contributed by atoms with E-state index in [1.165, 1.54) is 5.56 Å². The van der Waals surface area contributed by atoms with E-state index in [0.717, 1.165) is 12.8 Å². The molecule has 0 aliphatic rings. The molecule has 0 bridgehead atoms. The smallest absolute Gasteiger partial charge is 0.0572 e. The fourth-order valence-corrected chi connectivity index (χ4v) is 1.09. The molecule has 1 unspecified atom stereocenters. The quantitative estimate of drug-likeness (QED) is 0.748. The Labute approximate surface area is 79.7 Å². The minimum absolute atomic E-state index is 0.194. The van der Waals surface area contributed by atoms with Crippen molar-refractivity contribution in [2.45, 2.75) is 25.9 Å². The Hall–Kier alpha value is -1.08. The lowest BCUT2D eigenvalue weighted by molar-refractivity contribution is 0.174. The fourth-order valence-electron chi connectivity index (χ4n) is 1.09. The second-order valence-electron chi connectivity index (χ2n) is 3.11. The predicted molar refractivity (Wildman–Crippen MR) is 56.4 cm³/mol. The first-order valence-corrected chi connectivity index (χ1v) is 4.72. The maximum atomic E-state index is 9.28. The van der Waals surface area contributed by atoms with Gasteiger partial charge in [-0.3, -0.25) is 0 Å². The molecule has 1 aromatic carbocycles. The highest BCUT2D eigenvalue weighted by atomic mass is 16.3. The van der Waals surface area contributed by atoms with E-state index in [4.69, 9.17) is 0 Å². The van der Waals surface area contributed by atoms with Crippen LogP contribution >= 0.6 is 0 Å². The van der Waals surface area contributed by atoms with Gasteiger partial charge in [-0.1, -0.05) is 49.4 Å². The summed E-state index contributed by atoms with van der Waals surface area (Å²) in [5, 5.41) is 9.28. The second kappa shape index (κ2) is 5.55. The van der Waals surface area contributed by atoms with Crippen molar-refractivity contribution < 1.29 is 5.11 Å². The summed E-state index contributed by atoms with van der Waals surface area (Å²) < 4.78 is 0. The number of benzene rings is 1. The minimum atomic E-state index is -0.194. The van der Waals surface area contributed by atoms with Crippen LogP contribution in [0.15, 0.2) is 36.4 Å². The summed E-state index contributed by atoms with van der Waals surface area (Å²) in [5.74, 6) is 0. The molecule has 0 saturated heterocycles. The molecule has 1 nitrogen and oxygen atoms in total. The number of aliphatic hydroxyl groups is 1. The van der Waals surface area contributed by atoms with Crippen molar-refractivity contribution in [3.05, 3.63) is 42.0 Å². The van der Waals surface area contributed by atoms with Crippen LogP contribution in [0.1, 0.15) is 25.3 Å². The van der Waals surface area contributed by atoms with E-state index in [1.54, 1.807) is 0 Å². The molecule has 0 aliphatic carbocycles. The van der Waals surface area contributed by atoms with Gasteiger partial charge >= 0.3 is 0 Å². The van der Waals surface area contributed by atoms with Crippen LogP contribution in [0, 0.1) is 0 Å². The molecule has 70 valence electrons. The van der Waals surface area contributed by atoms with Gasteiger partial charge in [-0.15, -0.1) is 0 Å². The third kappa shape index (κ3) is 3.90. The molecule has 13 heavy (non-hydrogen) atoms. The summed E-state index contributed by atoms with van der Waals surface area (Å²) in [6, 6.07) is 10.1. The Morgan fingerprint density at radius 1 is 1.31 bits per heavy atom. The molecule has 0 amide bonds. The van der Waals surface area contributed by atoms with Crippen LogP contribution in [0.25, 0.3) is 6.08 Å². The molecule has 1 heteroatoms. The summed E-state index contributed by atoms with van der Waals surface area (Å²) in [6.45, 7) is 1.99. The second-order valence-corrected chi connectivity index (χ2v) is 3.11. The maximum absolute atomic E-state index is 9.28. The zero-order chi connectivity index (χ0) is 9.52. The van der Waals surface area contributed by atoms with Gasteiger partial charge < -0.3 is 5.11 Å². The molecule has 0 saturated carbocycles. The molecule has 1 rings (SSSR count). The molecular formula is C12H16O. The Bertz CT molecular complexity index is 251. The van der Waals surface area contributed by atoms with Crippen molar-refractivity contribution in [1.82, 2.24) is 0 Å². The fraction of sp³-hybridized carbons (Fsp3) is 0.333. The van der Waals surface area contributed by atoms with Crippen molar-refractivity contribution in [3.8, 4) is 0 Å². The van der Waals surface area contributed by atoms with Crippen molar-refractivity contribution in [3.63, 3.8) is 0 Å². The first kappa shape index (κ1) is 10.0. The molecule has 0 heterocycles. The normalized spacial score (nSPS) is 13.4. The summed E-state index contributed by atoms with van der Waals surface area (Å²) in [4.78, 5) is 0. The van der Waals surface area contributed by atoms with Gasteiger partial charge in [-0.25, -0.2) is 0 Å². The Morgan fingerprint density at radius 3 is 2.62 bits per heavy atom. The highest BCUT2D eigenvalue weighted by Gasteiger charge is 1.94. The number of aliphatic hydroxyl groups excluding tert-OH is 1. The van der Waals surface area contributed by atoms with Crippen LogP contribution in [0.5, 0.6) is 0 Å². The van der Waals surface area contributed by atoms with Gasteiger partial charge in [0.1, 0.15) is 0 Å². The van der Waals surface area contributed by atoms with Gasteiger partial charge in [0.2, 0.25) is 0 Å². The summed E-state index contributed by atoms with van der Waals surface area (Å²) in [5.41, 5.74) is 1.19. The van der Waals surface area contributed by atoms with Gasteiger partial charge in [0.05, 0.1) is 6.10 Å². The van der Waals surface area contributed by atoms with Gasteiger partial charge in [0, 0.05) is 0 Å². The van der Waals surface area contributed by atoms with Gasteiger partial charge in [0.15, 0.2) is 0 Å². The molecule has 0 spiro atoms. The van der Waals surface area contributed by atoms with Crippen molar-refractivity contribution in [2.24, 2.45) is 0 Å². The zero-order valence-electron chi connectivity index (χ0n) is 7.98. The van der Waals surface area contributed by atoms with E-state index in [-0.39, 0.29) is 6.10 Å². The van der Waals surface area contributed by atoms with E-state index in [0.29, 0.717) is 0 Å². The minimum Gasteiger partial charge on any atom is -0.393 e. The highest BCUT2D eigenvalue weighted by Crippen LogP contribution is 2.04. The molecule has 0 aromatic heterocycles. The topological polar surface area (TPSA) is 20.2 Å². The van der Waals surface area contributed by atoms with Gasteiger partial charge in [-0.2, -0.15) is 0 Å². The first-order valence-electron chi connectivity index (χ1n) is 4.72. The van der Waals surface area contributed by atoms with E-state index < -0.39 is 0 Å². The highest BCUT2D eigenvalue weighted by molar-refractivity contribution is 5.48. The van der Waals surface area contributed by atoms with Crippen LogP contribution in [0.3, 0.4) is 0 Å². The lowest BCUT2D eigenvalue weighted by Crippen LogP contribution is -2.00. The molecule has 0 aliphatic heterocycles. The molecular weight excluding hydrogens is 160 g/mol. The Morgan fingerprint density at radius 2 is 2.00 bits per heavy atom. The summed E-state index contributed by atoms with van der Waals surface area (Å²) in [7, 11) is 0. The van der Waals surface area contributed by atoms with Gasteiger partial charge in [0.25, 0.3) is 0 Å². The Kier molecular flexibility index (Phi) is 4.27. The van der Waals surface area contributed by atoms with E-state index in [2.05, 4.69) is 12.1 Å². The lowest BCUT2D eigenvalue weighted by atomic mass is 10.1. The summed E-state index contributed by atoms with van der Waals surface area (Å²) in [6.07, 6.45) is 5.42. The maximum Gasteiger partial charge on any atom is 0.0572 e. The van der Waals surface area contributed by atoms with Gasteiger partial charge in [-0.05, 0) is 18.4 Å². The molecule has 1 N–H and O–H groups in total. The lowest BCUT2D eigenvalue weighted by Gasteiger charge is -2.01. The Balaban J connectivity index is 2.41. The number of rotatable bonds is 4. The predicted octanol–water partition coefficient (Wildman–Crippen LogP) is 2.86. The third-order valence-corrected chi connectivity index (χ3v) is 1.99. The van der Waals surface area contributed by atoms with Crippen molar-refractivity contribution in [1.29, 1.82) is 0 Å². The largest absolute Gasteiger partial charge is 0.393 e. The average Bonchev–Trinajstić information content (AvgIpc) is 2.19. The standard InChI is InChI=1S/C12H16O/c1-2-12(13)10-6-9-11-7-4-3-5-8-11/h3-9,12-13H,2,10H2,1H3/b9-6+. The van der Waals surface area contributed by atoms with Crippen LogP contribution in [0.2, 0.25) is 0 Å². The first-order chi connectivity index (χ1) is 6.33. The van der Waals surface area contributed by atoms with E-state index in [1.807, 2.05) is 37.3 Å². The number of hydrogen-bond donors (Lipinski definition) is 1. The van der Waals surface area contributed by atoms with Crippen molar-refractivity contribution in [2.75, 3.05) is 0 Å². The van der Waals surface area contributed by atoms with Crippen molar-refractivity contribution >= 4 is 6.08 Å². The molecule has 1 atom stereocenters. The van der Waals surface area contributed by atoms with E-state index >= 15 is 0 Å². The SMILES string of the molecule is CCC(O)C/C=C/c1ccccc1. The molecule has 1 aromatic rings. The average molecular weight is 176 g/mol. The van der Waals surface area contributed by atoms with Crippen LogP contribution in [-0.2, 0) is 0 Å². The monoisotopic (exact) mass is 176 g/mol. The zero-order valence-corrected chi connectivity index (χ0v) is 7.98. The molecule has 0 radical (unpaired) electrons. The van der Waals surface area contributed by atoms with E-state index in [9.17, 15) is 5.11 Å². The third-order valence-electron chi connectivity index (χ3n) is 1.99. The van der Waals surface area contributed by atoms with Crippen LogP contribution < -0.4 is 0 Å². The van der Waals surface area contributed by atoms with Crippen LogP contribution in [0.4, 0.5) is 0 Å². The number of hydrogen-bond acceptors (Lipinski definition) is 1. The summed E-state index contributed by atoms with van der Waals surface area (Å²) >= 11 is 0. The molecule has 0 fully saturated rings. The van der Waals surface area contributed by atoms with Crippen LogP contribution in [-0.4, -0.2) is 11.2 Å².